The maximum Gasteiger partial charge on any atom is 0.0181 e. The fourth-order valence-electron chi connectivity index (χ4n) is 1.37. The first-order valence-electron chi connectivity index (χ1n) is 4.58. The van der Waals surface area contributed by atoms with Gasteiger partial charge in [0.15, 0.2) is 0 Å². The molecule has 1 aromatic carbocycles. The van der Waals surface area contributed by atoms with E-state index in [1.165, 1.54) is 5.39 Å². The summed E-state index contributed by atoms with van der Waals surface area (Å²) in [6, 6.07) is 9.31. The van der Waals surface area contributed by atoms with Crippen LogP contribution in [-0.2, 0) is 32.7 Å². The Balaban J connectivity index is 0.00000112. The zero-order valence-corrected chi connectivity index (χ0v) is 11.7. The van der Waals surface area contributed by atoms with Crippen LogP contribution in [0.1, 0.15) is 19.4 Å². The fraction of sp³-hybridized carbons (Fsp3) is 0.154. The fourth-order valence-corrected chi connectivity index (χ4v) is 1.37. The van der Waals surface area contributed by atoms with E-state index in [-0.39, 0.29) is 32.7 Å². The van der Waals surface area contributed by atoms with Crippen molar-refractivity contribution in [1.29, 1.82) is 0 Å². The van der Waals surface area contributed by atoms with Crippen molar-refractivity contribution in [3.8, 4) is 0 Å². The second-order valence-electron chi connectivity index (χ2n) is 3.23. The zero-order valence-electron chi connectivity index (χ0n) is 8.91. The predicted molar refractivity (Wildman–Crippen MR) is 58.6 cm³/mol. The molecular weight excluding hydrogens is 259 g/mol. The maximum absolute atomic E-state index is 4.10. The van der Waals surface area contributed by atoms with E-state index >= 15 is 0 Å². The van der Waals surface area contributed by atoms with Gasteiger partial charge < -0.3 is 17.2 Å². The maximum atomic E-state index is 4.10. The van der Waals surface area contributed by atoms with E-state index in [1.54, 1.807) is 6.20 Å². The Morgan fingerprint density at radius 2 is 2.20 bits per heavy atom. The second kappa shape index (κ2) is 5.53. The molecule has 0 spiro atoms. The van der Waals surface area contributed by atoms with Crippen LogP contribution in [0.4, 0.5) is 0 Å². The molecule has 2 aromatic rings. The molecule has 0 saturated carbocycles. The van der Waals surface area contributed by atoms with Crippen LogP contribution in [0.25, 0.3) is 16.3 Å². The summed E-state index contributed by atoms with van der Waals surface area (Å²) in [7, 11) is 0. The number of benzene rings is 1. The second-order valence-corrected chi connectivity index (χ2v) is 3.23. The summed E-state index contributed by atoms with van der Waals surface area (Å²) >= 11 is 0. The van der Waals surface area contributed by atoms with Crippen molar-refractivity contribution >= 4 is 16.3 Å². The molecule has 73 valence electrons. The van der Waals surface area contributed by atoms with Crippen molar-refractivity contribution in [3.63, 3.8) is 0 Å². The summed E-state index contributed by atoms with van der Waals surface area (Å²) in [4.78, 5) is 4.10. The van der Waals surface area contributed by atoms with Crippen molar-refractivity contribution in [1.82, 2.24) is 4.98 Å². The summed E-state index contributed by atoms with van der Waals surface area (Å²) in [6.45, 7) is 3.95. The molecule has 1 heterocycles. The standard InChI is InChI=1S/C13H11N.Y/c1-3-10(2)12-5-4-11-6-7-14-9-13(11)8-12;/h4,6-9H,1-2H3;/q-2;. The number of nitrogens with zero attached hydrogens (tertiary/aromatic N) is 1. The van der Waals surface area contributed by atoms with Gasteiger partial charge in [-0.15, -0.1) is 13.8 Å². The smallest absolute Gasteiger partial charge is 0.0181 e. The molecule has 0 aliphatic rings. The minimum atomic E-state index is 0. The van der Waals surface area contributed by atoms with E-state index in [0.29, 0.717) is 0 Å². The van der Waals surface area contributed by atoms with Crippen LogP contribution in [0, 0.1) is 12.1 Å². The SMILES string of the molecule is C[C-]=C(C)c1[c-]cc2ccncc2c1.[Y]. The third-order valence-corrected chi connectivity index (χ3v) is 2.35. The summed E-state index contributed by atoms with van der Waals surface area (Å²) in [5.74, 6) is 0. The predicted octanol–water partition coefficient (Wildman–Crippen LogP) is 3.26. The van der Waals surface area contributed by atoms with Crippen LogP contribution in [0.3, 0.4) is 0 Å². The van der Waals surface area contributed by atoms with Crippen LogP contribution in [0.5, 0.6) is 0 Å². The van der Waals surface area contributed by atoms with E-state index in [9.17, 15) is 0 Å². The van der Waals surface area contributed by atoms with Gasteiger partial charge in [-0.2, -0.15) is 6.07 Å². The van der Waals surface area contributed by atoms with E-state index in [4.69, 9.17) is 0 Å². The Kier molecular flexibility index (Phi) is 4.62. The number of hydrogen-bond acceptors (Lipinski definition) is 1. The molecule has 0 amide bonds. The third kappa shape index (κ3) is 2.73. The Bertz CT molecular complexity index is 489. The molecule has 1 nitrogen and oxygen atoms in total. The van der Waals surface area contributed by atoms with Crippen LogP contribution in [-0.4, -0.2) is 4.98 Å². The molecule has 0 aliphatic heterocycles. The summed E-state index contributed by atoms with van der Waals surface area (Å²) in [5, 5.41) is 2.32. The molecule has 1 aromatic heterocycles. The van der Waals surface area contributed by atoms with Gasteiger partial charge in [0.05, 0.1) is 0 Å². The molecule has 0 unspecified atom stereocenters. The summed E-state index contributed by atoms with van der Waals surface area (Å²) in [5.41, 5.74) is 2.21. The van der Waals surface area contributed by atoms with E-state index < -0.39 is 0 Å². The van der Waals surface area contributed by atoms with Gasteiger partial charge in [0, 0.05) is 45.1 Å². The van der Waals surface area contributed by atoms with Gasteiger partial charge >= 0.3 is 0 Å². The van der Waals surface area contributed by atoms with Gasteiger partial charge in [-0.05, 0) is 0 Å². The number of pyridine rings is 1. The number of allylic oxidation sites excluding steroid dienone is 2. The number of rotatable bonds is 1. The normalized spacial score (nSPS) is 11.2. The first-order chi connectivity index (χ1) is 6.81. The zero-order chi connectivity index (χ0) is 9.97. The van der Waals surface area contributed by atoms with Gasteiger partial charge in [0.2, 0.25) is 0 Å². The summed E-state index contributed by atoms with van der Waals surface area (Å²) < 4.78 is 0. The van der Waals surface area contributed by atoms with Crippen molar-refractivity contribution < 1.29 is 32.7 Å². The van der Waals surface area contributed by atoms with E-state index in [0.717, 1.165) is 16.5 Å². The third-order valence-electron chi connectivity index (χ3n) is 2.35. The van der Waals surface area contributed by atoms with Gasteiger partial charge in [0.25, 0.3) is 0 Å². The molecular formula is C13H11NY-2. The molecule has 0 bridgehead atoms. The monoisotopic (exact) mass is 270 g/mol. The van der Waals surface area contributed by atoms with Crippen LogP contribution in [0.15, 0.2) is 30.6 Å². The Hall–Kier alpha value is -0.526. The van der Waals surface area contributed by atoms with E-state index in [1.807, 2.05) is 32.2 Å². The van der Waals surface area contributed by atoms with Gasteiger partial charge in [0.1, 0.15) is 0 Å². The largest absolute Gasteiger partial charge is 0.327 e. The van der Waals surface area contributed by atoms with E-state index in [2.05, 4.69) is 23.2 Å². The molecule has 0 atom stereocenters. The minimum absolute atomic E-state index is 0. The number of aromatic nitrogens is 1. The molecule has 15 heavy (non-hydrogen) atoms. The summed E-state index contributed by atoms with van der Waals surface area (Å²) in [6.07, 6.45) is 6.78. The molecule has 0 saturated heterocycles. The van der Waals surface area contributed by atoms with Gasteiger partial charge in [-0.1, -0.05) is 16.8 Å². The quantitative estimate of drug-likeness (QED) is 0.725. The molecule has 2 rings (SSSR count). The molecule has 1 radical (unpaired) electrons. The van der Waals surface area contributed by atoms with Crippen molar-refractivity contribution in [2.24, 2.45) is 0 Å². The number of hydrogen-bond donors (Lipinski definition) is 0. The van der Waals surface area contributed by atoms with Crippen molar-refractivity contribution in [2.75, 3.05) is 0 Å². The molecule has 0 fully saturated rings. The van der Waals surface area contributed by atoms with Crippen molar-refractivity contribution in [3.05, 3.63) is 48.3 Å². The average molecular weight is 270 g/mol. The van der Waals surface area contributed by atoms with Crippen LogP contribution < -0.4 is 0 Å². The van der Waals surface area contributed by atoms with Crippen molar-refractivity contribution in [2.45, 2.75) is 13.8 Å². The molecule has 0 aliphatic carbocycles. The first kappa shape index (κ1) is 12.5. The minimum Gasteiger partial charge on any atom is -0.327 e. The molecule has 2 heteroatoms. The van der Waals surface area contributed by atoms with Crippen LogP contribution >= 0.6 is 0 Å². The van der Waals surface area contributed by atoms with Gasteiger partial charge in [-0.25, -0.2) is 12.1 Å². The Labute approximate surface area is 115 Å². The van der Waals surface area contributed by atoms with Gasteiger partial charge in [-0.3, -0.25) is 4.98 Å². The number of fused-ring (bicyclic) bond motifs is 1. The Morgan fingerprint density at radius 3 is 2.93 bits per heavy atom. The topological polar surface area (TPSA) is 12.9 Å². The first-order valence-corrected chi connectivity index (χ1v) is 4.58. The van der Waals surface area contributed by atoms with Crippen LogP contribution in [0.2, 0.25) is 0 Å². The average Bonchev–Trinajstić information content (AvgIpc) is 2.27. The molecule has 0 N–H and O–H groups in total. The Morgan fingerprint density at radius 1 is 1.40 bits per heavy atom.